The van der Waals surface area contributed by atoms with Crippen molar-refractivity contribution in [1.82, 2.24) is 5.32 Å². The van der Waals surface area contributed by atoms with E-state index >= 15 is 0 Å². The molecule has 5 nitrogen and oxygen atoms in total. The lowest BCUT2D eigenvalue weighted by atomic mass is 10.0. The summed E-state index contributed by atoms with van der Waals surface area (Å²) in [6, 6.07) is 9.75. The van der Waals surface area contributed by atoms with E-state index in [0.29, 0.717) is 0 Å². The standard InChI is InChI=1S/C19H17F3INO4/c1-28-18(27)15(10-12-4-2-3-5-14(12)23)24-17(26)16(25)11-6-8-13(9-7-11)19(20,21)22/h2-9,15-16,25H,10H2,1H3,(H,24,26)/t15-,16-/m1/s1. The van der Waals surface area contributed by atoms with Crippen LogP contribution in [0.15, 0.2) is 48.5 Å². The molecule has 0 aliphatic heterocycles. The first-order valence-corrected chi connectivity index (χ1v) is 9.18. The molecule has 1 amide bonds. The van der Waals surface area contributed by atoms with Gasteiger partial charge in [-0.1, -0.05) is 30.3 Å². The number of esters is 1. The van der Waals surface area contributed by atoms with E-state index < -0.39 is 35.8 Å². The minimum Gasteiger partial charge on any atom is -0.467 e. The van der Waals surface area contributed by atoms with Crippen molar-refractivity contribution in [3.8, 4) is 0 Å². The molecule has 0 unspecified atom stereocenters. The number of carbonyl (C=O) groups excluding carboxylic acids is 2. The Kier molecular flexibility index (Phi) is 7.41. The molecule has 0 saturated carbocycles. The summed E-state index contributed by atoms with van der Waals surface area (Å²) in [6.45, 7) is 0. The Hall–Kier alpha value is -2.14. The smallest absolute Gasteiger partial charge is 0.416 e. The Morgan fingerprint density at radius 2 is 1.75 bits per heavy atom. The third-order valence-corrected chi connectivity index (χ3v) is 5.04. The van der Waals surface area contributed by atoms with Gasteiger partial charge >= 0.3 is 12.1 Å². The second-order valence-electron chi connectivity index (χ2n) is 5.90. The predicted molar refractivity (Wildman–Crippen MR) is 103 cm³/mol. The number of carbonyl (C=O) groups is 2. The first kappa shape index (κ1) is 22.2. The Bertz CT molecular complexity index is 840. The summed E-state index contributed by atoms with van der Waals surface area (Å²) in [7, 11) is 1.17. The molecule has 2 aromatic carbocycles. The summed E-state index contributed by atoms with van der Waals surface area (Å²) < 4.78 is 43.5. The summed E-state index contributed by atoms with van der Waals surface area (Å²) >= 11 is 2.09. The van der Waals surface area contributed by atoms with Crippen molar-refractivity contribution in [1.29, 1.82) is 0 Å². The number of halogens is 4. The second kappa shape index (κ2) is 9.37. The molecule has 2 N–H and O–H groups in total. The average Bonchev–Trinajstić information content (AvgIpc) is 2.67. The van der Waals surface area contributed by atoms with Crippen LogP contribution in [0.2, 0.25) is 0 Å². The lowest BCUT2D eigenvalue weighted by molar-refractivity contribution is -0.146. The highest BCUT2D eigenvalue weighted by molar-refractivity contribution is 14.1. The van der Waals surface area contributed by atoms with Gasteiger partial charge in [0.15, 0.2) is 6.10 Å². The first-order chi connectivity index (χ1) is 13.1. The Morgan fingerprint density at radius 1 is 1.14 bits per heavy atom. The zero-order valence-electron chi connectivity index (χ0n) is 14.7. The highest BCUT2D eigenvalue weighted by atomic mass is 127. The largest absolute Gasteiger partial charge is 0.467 e. The van der Waals surface area contributed by atoms with Gasteiger partial charge in [-0.3, -0.25) is 4.79 Å². The van der Waals surface area contributed by atoms with Gasteiger partial charge in [0.1, 0.15) is 6.04 Å². The zero-order chi connectivity index (χ0) is 20.9. The van der Waals surface area contributed by atoms with Crippen LogP contribution in [-0.2, 0) is 26.9 Å². The van der Waals surface area contributed by atoms with Crippen LogP contribution in [0.4, 0.5) is 13.2 Å². The lowest BCUT2D eigenvalue weighted by Crippen LogP contribution is -2.45. The molecule has 0 spiro atoms. The van der Waals surface area contributed by atoms with Gasteiger partial charge in [0.2, 0.25) is 0 Å². The maximum atomic E-state index is 12.6. The zero-order valence-corrected chi connectivity index (χ0v) is 16.8. The van der Waals surface area contributed by atoms with Crippen LogP contribution in [0.3, 0.4) is 0 Å². The number of ether oxygens (including phenoxy) is 1. The van der Waals surface area contributed by atoms with Crippen molar-refractivity contribution in [3.05, 3.63) is 68.8 Å². The van der Waals surface area contributed by atoms with Crippen LogP contribution < -0.4 is 5.32 Å². The summed E-state index contributed by atoms with van der Waals surface area (Å²) in [6.07, 6.45) is -6.12. The third kappa shape index (κ3) is 5.68. The molecule has 9 heteroatoms. The average molecular weight is 507 g/mol. The quantitative estimate of drug-likeness (QED) is 0.465. The van der Waals surface area contributed by atoms with Crippen LogP contribution in [0.1, 0.15) is 22.8 Å². The van der Waals surface area contributed by atoms with Gasteiger partial charge in [-0.15, -0.1) is 0 Å². The number of hydrogen-bond donors (Lipinski definition) is 2. The van der Waals surface area contributed by atoms with Crippen LogP contribution in [-0.4, -0.2) is 30.1 Å². The summed E-state index contributed by atoms with van der Waals surface area (Å²) in [4.78, 5) is 24.4. The molecule has 2 atom stereocenters. The number of methoxy groups -OCH3 is 1. The van der Waals surface area contributed by atoms with Crippen molar-refractivity contribution >= 4 is 34.5 Å². The molecule has 0 aliphatic carbocycles. The Labute approximate surface area is 173 Å². The van der Waals surface area contributed by atoms with Crippen LogP contribution in [0.25, 0.3) is 0 Å². The highest BCUT2D eigenvalue weighted by Crippen LogP contribution is 2.30. The number of alkyl halides is 3. The van der Waals surface area contributed by atoms with Gasteiger partial charge in [-0.05, 0) is 51.9 Å². The van der Waals surface area contributed by atoms with Gasteiger partial charge in [0.25, 0.3) is 5.91 Å². The fraction of sp³-hybridized carbons (Fsp3) is 0.263. The lowest BCUT2D eigenvalue weighted by Gasteiger charge is -2.20. The van der Waals surface area contributed by atoms with Crippen molar-refractivity contribution in [2.75, 3.05) is 7.11 Å². The maximum absolute atomic E-state index is 12.6. The minimum atomic E-state index is -4.52. The van der Waals surface area contributed by atoms with Crippen molar-refractivity contribution in [3.63, 3.8) is 0 Å². The summed E-state index contributed by atoms with van der Waals surface area (Å²) in [5, 5.41) is 12.6. The van der Waals surface area contributed by atoms with E-state index in [1.165, 1.54) is 7.11 Å². The fourth-order valence-corrected chi connectivity index (χ4v) is 3.08. The van der Waals surface area contributed by atoms with E-state index in [4.69, 9.17) is 4.74 Å². The van der Waals surface area contributed by atoms with Crippen molar-refractivity contribution < 1.29 is 32.6 Å². The molecule has 150 valence electrons. The predicted octanol–water partition coefficient (Wildman–Crippen LogP) is 3.24. The minimum absolute atomic E-state index is 0.0246. The fourth-order valence-electron chi connectivity index (χ4n) is 2.48. The van der Waals surface area contributed by atoms with Gasteiger partial charge in [-0.2, -0.15) is 13.2 Å². The first-order valence-electron chi connectivity index (χ1n) is 8.10. The molecular formula is C19H17F3INO4. The Balaban J connectivity index is 2.14. The van der Waals surface area contributed by atoms with E-state index in [2.05, 4.69) is 27.9 Å². The van der Waals surface area contributed by atoms with Crippen LogP contribution >= 0.6 is 22.6 Å². The molecule has 2 rings (SSSR count). The van der Waals surface area contributed by atoms with Gasteiger partial charge in [0.05, 0.1) is 12.7 Å². The molecule has 0 aliphatic rings. The second-order valence-corrected chi connectivity index (χ2v) is 7.06. The number of benzene rings is 2. The summed E-state index contributed by atoms with van der Waals surface area (Å²) in [5.74, 6) is -1.62. The molecule has 28 heavy (non-hydrogen) atoms. The molecule has 0 fully saturated rings. The monoisotopic (exact) mass is 507 g/mol. The normalized spacial score (nSPS) is 13.5. The molecule has 0 radical (unpaired) electrons. The summed E-state index contributed by atoms with van der Waals surface area (Å²) in [5.41, 5.74) is -0.124. The molecule has 0 saturated heterocycles. The SMILES string of the molecule is COC(=O)[C@@H](Cc1ccccc1I)NC(=O)[C@H](O)c1ccc(C(F)(F)F)cc1. The highest BCUT2D eigenvalue weighted by Gasteiger charge is 2.31. The molecule has 2 aromatic rings. The number of aliphatic hydroxyl groups is 1. The number of nitrogens with one attached hydrogen (secondary N) is 1. The van der Waals surface area contributed by atoms with Crippen LogP contribution in [0, 0.1) is 3.57 Å². The van der Waals surface area contributed by atoms with E-state index in [1.807, 2.05) is 12.1 Å². The van der Waals surface area contributed by atoms with Crippen molar-refractivity contribution in [2.45, 2.75) is 24.7 Å². The molecular weight excluding hydrogens is 490 g/mol. The number of hydrogen-bond acceptors (Lipinski definition) is 4. The number of rotatable bonds is 6. The van der Waals surface area contributed by atoms with E-state index in [1.54, 1.807) is 12.1 Å². The third-order valence-electron chi connectivity index (χ3n) is 3.99. The number of amides is 1. The van der Waals surface area contributed by atoms with E-state index in [0.717, 1.165) is 33.4 Å². The topological polar surface area (TPSA) is 75.6 Å². The van der Waals surface area contributed by atoms with Crippen LogP contribution in [0.5, 0.6) is 0 Å². The molecule has 0 heterocycles. The number of aliphatic hydroxyl groups excluding tert-OH is 1. The van der Waals surface area contributed by atoms with E-state index in [9.17, 15) is 27.9 Å². The van der Waals surface area contributed by atoms with Gasteiger partial charge in [-0.25, -0.2) is 4.79 Å². The van der Waals surface area contributed by atoms with Gasteiger partial charge < -0.3 is 15.2 Å². The maximum Gasteiger partial charge on any atom is 0.416 e. The van der Waals surface area contributed by atoms with Crippen molar-refractivity contribution in [2.24, 2.45) is 0 Å². The molecule has 0 bridgehead atoms. The van der Waals surface area contributed by atoms with E-state index in [-0.39, 0.29) is 12.0 Å². The Morgan fingerprint density at radius 3 is 2.29 bits per heavy atom. The molecule has 0 aromatic heterocycles. The van der Waals surface area contributed by atoms with Gasteiger partial charge in [0, 0.05) is 9.99 Å².